The Kier molecular flexibility index (Phi) is 3.87. The summed E-state index contributed by atoms with van der Waals surface area (Å²) >= 11 is 1.44. The Morgan fingerprint density at radius 3 is 2.88 bits per heavy atom. The maximum Gasteiger partial charge on any atom is 0.279 e. The molecule has 0 unspecified atom stereocenters. The largest absolute Gasteiger partial charge is 0.314 e. The summed E-state index contributed by atoms with van der Waals surface area (Å²) in [4.78, 5) is 4.03. The van der Waals surface area contributed by atoms with Gasteiger partial charge in [-0.25, -0.2) is 4.98 Å². The minimum absolute atomic E-state index is 0.268. The average molecular weight is 262 g/mol. The number of thiazole rings is 1. The lowest BCUT2D eigenvalue weighted by atomic mass is 10.4. The summed E-state index contributed by atoms with van der Waals surface area (Å²) < 4.78 is 27.7. The Balaban J connectivity index is 1.91. The van der Waals surface area contributed by atoms with Crippen LogP contribution in [0.15, 0.2) is 11.6 Å². The van der Waals surface area contributed by atoms with Gasteiger partial charge in [-0.3, -0.25) is 0 Å². The molecule has 1 aliphatic rings. The number of piperazine rings is 1. The minimum Gasteiger partial charge on any atom is -0.314 e. The standard InChI is InChI=1S/C8H14N4O2S2/c13-16(14,12-4-1-9-2-5-12)11-7-8-10-3-6-15-8/h3,6,9,11H,1-2,4-5,7H2. The number of rotatable bonds is 4. The summed E-state index contributed by atoms with van der Waals surface area (Å²) in [6.45, 7) is 2.72. The molecule has 0 aliphatic carbocycles. The molecule has 1 aliphatic heterocycles. The third-order valence-corrected chi connectivity index (χ3v) is 4.64. The Bertz CT molecular complexity index is 411. The van der Waals surface area contributed by atoms with Crippen molar-refractivity contribution in [2.24, 2.45) is 0 Å². The van der Waals surface area contributed by atoms with Gasteiger partial charge in [-0.2, -0.15) is 17.4 Å². The molecule has 8 heteroatoms. The Hall–Kier alpha value is -0.540. The maximum absolute atomic E-state index is 11.8. The molecule has 2 rings (SSSR count). The highest BCUT2D eigenvalue weighted by molar-refractivity contribution is 7.87. The van der Waals surface area contributed by atoms with Crippen molar-refractivity contribution in [3.63, 3.8) is 0 Å². The van der Waals surface area contributed by atoms with Gasteiger partial charge >= 0.3 is 0 Å². The number of aromatic nitrogens is 1. The second-order valence-corrected chi connectivity index (χ2v) is 6.14. The van der Waals surface area contributed by atoms with E-state index in [9.17, 15) is 8.42 Å². The minimum atomic E-state index is -3.35. The fourth-order valence-electron chi connectivity index (χ4n) is 1.47. The highest BCUT2D eigenvalue weighted by Crippen LogP contribution is 2.05. The number of nitrogens with zero attached hydrogens (tertiary/aromatic N) is 2. The first-order valence-corrected chi connectivity index (χ1v) is 7.34. The average Bonchev–Trinajstić information content (AvgIpc) is 2.81. The fourth-order valence-corrected chi connectivity index (χ4v) is 3.28. The molecule has 1 fully saturated rings. The van der Waals surface area contributed by atoms with Gasteiger partial charge in [0.25, 0.3) is 10.2 Å². The summed E-state index contributed by atoms with van der Waals surface area (Å²) in [6.07, 6.45) is 1.67. The molecule has 0 aromatic carbocycles. The lowest BCUT2D eigenvalue weighted by molar-refractivity contribution is 0.354. The molecule has 1 aromatic rings. The quantitative estimate of drug-likeness (QED) is 0.758. The summed E-state index contributed by atoms with van der Waals surface area (Å²) in [5.41, 5.74) is 0. The Morgan fingerprint density at radius 2 is 2.25 bits per heavy atom. The van der Waals surface area contributed by atoms with Gasteiger partial charge in [0.15, 0.2) is 0 Å². The molecular formula is C8H14N4O2S2. The lowest BCUT2D eigenvalue weighted by Crippen LogP contribution is -2.50. The molecule has 90 valence electrons. The molecule has 1 aromatic heterocycles. The van der Waals surface area contributed by atoms with Gasteiger partial charge < -0.3 is 5.32 Å². The van der Waals surface area contributed by atoms with Crippen molar-refractivity contribution in [1.82, 2.24) is 19.3 Å². The predicted molar refractivity (Wildman–Crippen MR) is 62.3 cm³/mol. The zero-order valence-electron chi connectivity index (χ0n) is 8.72. The van der Waals surface area contributed by atoms with E-state index in [1.807, 2.05) is 5.38 Å². The molecule has 1 saturated heterocycles. The van der Waals surface area contributed by atoms with Crippen LogP contribution >= 0.6 is 11.3 Å². The summed E-state index contributed by atoms with van der Waals surface area (Å²) in [5, 5.41) is 5.72. The van der Waals surface area contributed by atoms with E-state index in [2.05, 4.69) is 15.0 Å². The van der Waals surface area contributed by atoms with Crippen molar-refractivity contribution in [2.45, 2.75) is 6.54 Å². The van der Waals surface area contributed by atoms with Gasteiger partial charge in [-0.1, -0.05) is 0 Å². The van der Waals surface area contributed by atoms with E-state index in [1.54, 1.807) is 6.20 Å². The van der Waals surface area contributed by atoms with Crippen LogP contribution < -0.4 is 10.0 Å². The smallest absolute Gasteiger partial charge is 0.279 e. The van der Waals surface area contributed by atoms with Crippen molar-refractivity contribution in [3.8, 4) is 0 Å². The third-order valence-electron chi connectivity index (χ3n) is 2.31. The highest BCUT2D eigenvalue weighted by atomic mass is 32.2. The van der Waals surface area contributed by atoms with Gasteiger partial charge in [0.2, 0.25) is 0 Å². The van der Waals surface area contributed by atoms with E-state index in [-0.39, 0.29) is 6.54 Å². The first kappa shape index (κ1) is 11.9. The van der Waals surface area contributed by atoms with E-state index >= 15 is 0 Å². The summed E-state index contributed by atoms with van der Waals surface area (Å²) in [6, 6.07) is 0. The highest BCUT2D eigenvalue weighted by Gasteiger charge is 2.23. The molecule has 2 heterocycles. The van der Waals surface area contributed by atoms with Gasteiger partial charge in [0, 0.05) is 37.8 Å². The van der Waals surface area contributed by atoms with Crippen molar-refractivity contribution in [2.75, 3.05) is 26.2 Å². The van der Waals surface area contributed by atoms with Crippen LogP contribution in [-0.2, 0) is 16.8 Å². The molecule has 0 radical (unpaired) electrons. The molecule has 16 heavy (non-hydrogen) atoms. The second-order valence-electron chi connectivity index (χ2n) is 3.40. The molecule has 0 amide bonds. The monoisotopic (exact) mass is 262 g/mol. The molecular weight excluding hydrogens is 248 g/mol. The van der Waals surface area contributed by atoms with Crippen molar-refractivity contribution < 1.29 is 8.42 Å². The normalized spacial score (nSPS) is 18.8. The lowest BCUT2D eigenvalue weighted by Gasteiger charge is -2.26. The van der Waals surface area contributed by atoms with Crippen molar-refractivity contribution >= 4 is 21.5 Å². The first-order valence-electron chi connectivity index (χ1n) is 5.02. The van der Waals surface area contributed by atoms with Crippen LogP contribution in [0.2, 0.25) is 0 Å². The van der Waals surface area contributed by atoms with Crippen molar-refractivity contribution in [3.05, 3.63) is 16.6 Å². The van der Waals surface area contributed by atoms with Crippen LogP contribution in [0, 0.1) is 0 Å². The SMILES string of the molecule is O=S(=O)(NCc1nccs1)N1CCNCC1. The molecule has 6 nitrogen and oxygen atoms in total. The molecule has 0 saturated carbocycles. The van der Waals surface area contributed by atoms with E-state index < -0.39 is 10.2 Å². The summed E-state index contributed by atoms with van der Waals surface area (Å²) in [7, 11) is -3.35. The predicted octanol–water partition coefficient (Wildman–Crippen LogP) is -0.617. The maximum atomic E-state index is 11.8. The third kappa shape index (κ3) is 2.98. The van der Waals surface area contributed by atoms with Gasteiger partial charge in [0.05, 0.1) is 6.54 Å². The zero-order valence-corrected chi connectivity index (χ0v) is 10.4. The Labute approximate surface area is 98.9 Å². The van der Waals surface area contributed by atoms with Crippen LogP contribution in [0.1, 0.15) is 5.01 Å². The van der Waals surface area contributed by atoms with Crippen LogP contribution in [0.3, 0.4) is 0 Å². The molecule has 2 N–H and O–H groups in total. The molecule has 0 bridgehead atoms. The van der Waals surface area contributed by atoms with Crippen LogP contribution in [0.5, 0.6) is 0 Å². The van der Waals surface area contributed by atoms with Crippen LogP contribution in [0.25, 0.3) is 0 Å². The second kappa shape index (κ2) is 5.19. The van der Waals surface area contributed by atoms with Crippen LogP contribution in [0.4, 0.5) is 0 Å². The first-order chi connectivity index (χ1) is 7.68. The molecule has 0 spiro atoms. The number of hydrogen-bond acceptors (Lipinski definition) is 5. The number of nitrogens with one attached hydrogen (secondary N) is 2. The fraction of sp³-hybridized carbons (Fsp3) is 0.625. The topological polar surface area (TPSA) is 74.3 Å². The van der Waals surface area contributed by atoms with Gasteiger partial charge in [-0.15, -0.1) is 11.3 Å². The molecule has 0 atom stereocenters. The van der Waals surface area contributed by atoms with Crippen LogP contribution in [-0.4, -0.2) is 43.9 Å². The zero-order chi connectivity index (χ0) is 11.4. The number of hydrogen-bond donors (Lipinski definition) is 2. The van der Waals surface area contributed by atoms with Gasteiger partial charge in [0.1, 0.15) is 5.01 Å². The summed E-state index contributed by atoms with van der Waals surface area (Å²) in [5.74, 6) is 0. The van der Waals surface area contributed by atoms with Crippen molar-refractivity contribution in [1.29, 1.82) is 0 Å². The van der Waals surface area contributed by atoms with Gasteiger partial charge in [-0.05, 0) is 0 Å². The Morgan fingerprint density at radius 1 is 1.50 bits per heavy atom. The van der Waals surface area contributed by atoms with E-state index in [0.717, 1.165) is 5.01 Å². The van der Waals surface area contributed by atoms with E-state index in [1.165, 1.54) is 15.6 Å². The van der Waals surface area contributed by atoms with E-state index in [0.29, 0.717) is 26.2 Å². The van der Waals surface area contributed by atoms with E-state index in [4.69, 9.17) is 0 Å².